The average molecular weight is 282 g/mol. The van der Waals surface area contributed by atoms with Crippen molar-refractivity contribution in [2.75, 3.05) is 6.61 Å². The van der Waals surface area contributed by atoms with Crippen molar-refractivity contribution in [1.82, 2.24) is 5.32 Å². The van der Waals surface area contributed by atoms with E-state index in [9.17, 15) is 4.79 Å². The molecule has 1 aromatic rings. The summed E-state index contributed by atoms with van der Waals surface area (Å²) in [7, 11) is 0. The van der Waals surface area contributed by atoms with E-state index in [0.29, 0.717) is 17.7 Å². The highest BCUT2D eigenvalue weighted by molar-refractivity contribution is 6.31. The first-order valence-electron chi connectivity index (χ1n) is 6.89. The minimum absolute atomic E-state index is 0.248. The molecule has 0 bridgehead atoms. The summed E-state index contributed by atoms with van der Waals surface area (Å²) in [5.74, 6) is -0.248. The van der Waals surface area contributed by atoms with Crippen LogP contribution in [0.2, 0.25) is 5.02 Å². The third-order valence-corrected chi connectivity index (χ3v) is 3.84. The molecule has 1 unspecified atom stereocenters. The number of hydrogen-bond acceptors (Lipinski definition) is 3. The smallest absolute Gasteiger partial charge is 0.327 e. The monoisotopic (exact) mass is 281 g/mol. The van der Waals surface area contributed by atoms with Crippen LogP contribution in [-0.2, 0) is 9.53 Å². The minimum Gasteiger partial charge on any atom is -0.465 e. The van der Waals surface area contributed by atoms with Gasteiger partial charge in [0.1, 0.15) is 6.04 Å². The predicted molar refractivity (Wildman–Crippen MR) is 76.2 cm³/mol. The van der Waals surface area contributed by atoms with Crippen LogP contribution in [0.1, 0.15) is 44.2 Å². The van der Waals surface area contributed by atoms with E-state index < -0.39 is 6.04 Å². The summed E-state index contributed by atoms with van der Waals surface area (Å²) in [6.07, 6.45) is 4.66. The molecule has 104 valence electrons. The third kappa shape index (κ3) is 3.71. The van der Waals surface area contributed by atoms with Crippen LogP contribution in [0.4, 0.5) is 0 Å². The highest BCUT2D eigenvalue weighted by Crippen LogP contribution is 2.27. The second-order valence-corrected chi connectivity index (χ2v) is 5.26. The van der Waals surface area contributed by atoms with Gasteiger partial charge in [-0.25, -0.2) is 4.79 Å². The van der Waals surface area contributed by atoms with Gasteiger partial charge < -0.3 is 4.74 Å². The SMILES string of the molecule is CCOC(=O)C(NC1CCCC1)c1ccccc1Cl. The number of carbonyl (C=O) groups is 1. The van der Waals surface area contributed by atoms with Crippen molar-refractivity contribution < 1.29 is 9.53 Å². The number of carbonyl (C=O) groups excluding carboxylic acids is 1. The lowest BCUT2D eigenvalue weighted by molar-refractivity contribution is -0.146. The van der Waals surface area contributed by atoms with E-state index in [1.807, 2.05) is 25.1 Å². The van der Waals surface area contributed by atoms with Crippen LogP contribution < -0.4 is 5.32 Å². The van der Waals surface area contributed by atoms with Gasteiger partial charge in [-0.2, -0.15) is 0 Å². The van der Waals surface area contributed by atoms with Crippen molar-refractivity contribution in [1.29, 1.82) is 0 Å². The molecular formula is C15H20ClNO2. The van der Waals surface area contributed by atoms with Crippen LogP contribution >= 0.6 is 11.6 Å². The Labute approximate surface area is 119 Å². The lowest BCUT2D eigenvalue weighted by atomic mass is 10.1. The summed E-state index contributed by atoms with van der Waals surface area (Å²) in [6, 6.07) is 7.36. The molecule has 4 heteroatoms. The molecule has 1 N–H and O–H groups in total. The second-order valence-electron chi connectivity index (χ2n) is 4.85. The Balaban J connectivity index is 2.18. The van der Waals surface area contributed by atoms with Crippen molar-refractivity contribution >= 4 is 17.6 Å². The predicted octanol–water partition coefficient (Wildman–Crippen LogP) is 3.48. The van der Waals surface area contributed by atoms with E-state index in [-0.39, 0.29) is 5.97 Å². The Morgan fingerprint density at radius 1 is 1.42 bits per heavy atom. The Kier molecular flexibility index (Phi) is 5.23. The molecular weight excluding hydrogens is 262 g/mol. The van der Waals surface area contributed by atoms with E-state index in [0.717, 1.165) is 18.4 Å². The Bertz CT molecular complexity index is 430. The largest absolute Gasteiger partial charge is 0.465 e. The maximum absolute atomic E-state index is 12.1. The molecule has 0 spiro atoms. The molecule has 0 amide bonds. The van der Waals surface area contributed by atoms with Gasteiger partial charge in [0.25, 0.3) is 0 Å². The fourth-order valence-electron chi connectivity index (χ4n) is 2.55. The van der Waals surface area contributed by atoms with Gasteiger partial charge in [0.2, 0.25) is 0 Å². The maximum Gasteiger partial charge on any atom is 0.327 e. The lowest BCUT2D eigenvalue weighted by Crippen LogP contribution is -2.36. The molecule has 0 heterocycles. The van der Waals surface area contributed by atoms with Crippen molar-refractivity contribution in [3.8, 4) is 0 Å². The third-order valence-electron chi connectivity index (χ3n) is 3.50. The number of halogens is 1. The molecule has 0 aromatic heterocycles. The Morgan fingerprint density at radius 2 is 2.11 bits per heavy atom. The molecule has 19 heavy (non-hydrogen) atoms. The second kappa shape index (κ2) is 6.92. The number of esters is 1. The van der Waals surface area contributed by atoms with Crippen molar-refractivity contribution in [2.24, 2.45) is 0 Å². The van der Waals surface area contributed by atoms with Crippen LogP contribution in [0, 0.1) is 0 Å². The molecule has 1 aliphatic carbocycles. The quantitative estimate of drug-likeness (QED) is 0.840. The summed E-state index contributed by atoms with van der Waals surface area (Å²) in [5.41, 5.74) is 0.800. The molecule has 2 rings (SSSR count). The molecule has 0 aliphatic heterocycles. The highest BCUT2D eigenvalue weighted by atomic mass is 35.5. The Hall–Kier alpha value is -1.06. The van der Waals surface area contributed by atoms with Gasteiger partial charge in [-0.1, -0.05) is 42.6 Å². The van der Waals surface area contributed by atoms with Gasteiger partial charge in [0, 0.05) is 11.1 Å². The van der Waals surface area contributed by atoms with Crippen molar-refractivity contribution in [3.05, 3.63) is 34.9 Å². The van der Waals surface area contributed by atoms with Crippen LogP contribution in [0.3, 0.4) is 0 Å². The van der Waals surface area contributed by atoms with Crippen LogP contribution in [-0.4, -0.2) is 18.6 Å². The molecule has 1 atom stereocenters. The average Bonchev–Trinajstić information content (AvgIpc) is 2.90. The molecule has 3 nitrogen and oxygen atoms in total. The van der Waals surface area contributed by atoms with E-state index in [1.54, 1.807) is 6.07 Å². The summed E-state index contributed by atoms with van der Waals surface area (Å²) >= 11 is 6.20. The fourth-order valence-corrected chi connectivity index (χ4v) is 2.79. The summed E-state index contributed by atoms with van der Waals surface area (Å²) < 4.78 is 5.16. The van der Waals surface area contributed by atoms with E-state index in [4.69, 9.17) is 16.3 Å². The van der Waals surface area contributed by atoms with Crippen LogP contribution in [0.25, 0.3) is 0 Å². The first-order chi connectivity index (χ1) is 9.22. The van der Waals surface area contributed by atoms with Gasteiger partial charge >= 0.3 is 5.97 Å². The minimum atomic E-state index is -0.461. The van der Waals surface area contributed by atoms with Gasteiger partial charge in [0.15, 0.2) is 0 Å². The summed E-state index contributed by atoms with van der Waals surface area (Å²) in [6.45, 7) is 2.20. The summed E-state index contributed by atoms with van der Waals surface area (Å²) in [4.78, 5) is 12.1. The molecule has 0 saturated heterocycles. The van der Waals surface area contributed by atoms with Gasteiger partial charge in [-0.05, 0) is 31.4 Å². The first kappa shape index (κ1) is 14.4. The lowest BCUT2D eigenvalue weighted by Gasteiger charge is -2.22. The first-order valence-corrected chi connectivity index (χ1v) is 7.27. The molecule has 1 fully saturated rings. The maximum atomic E-state index is 12.1. The topological polar surface area (TPSA) is 38.3 Å². The molecule has 1 saturated carbocycles. The van der Waals surface area contributed by atoms with Crippen molar-refractivity contribution in [3.63, 3.8) is 0 Å². The standard InChI is InChI=1S/C15H20ClNO2/c1-2-19-15(18)14(17-11-7-3-4-8-11)12-9-5-6-10-13(12)16/h5-6,9-11,14,17H,2-4,7-8H2,1H3. The number of nitrogens with one attached hydrogen (secondary N) is 1. The highest BCUT2D eigenvalue weighted by Gasteiger charge is 2.28. The van der Waals surface area contributed by atoms with Gasteiger partial charge in [0.05, 0.1) is 6.61 Å². The van der Waals surface area contributed by atoms with E-state index in [1.165, 1.54) is 12.8 Å². The number of rotatable bonds is 5. The zero-order valence-electron chi connectivity index (χ0n) is 11.2. The van der Waals surface area contributed by atoms with E-state index >= 15 is 0 Å². The van der Waals surface area contributed by atoms with Crippen LogP contribution in [0.5, 0.6) is 0 Å². The molecule has 1 aromatic carbocycles. The van der Waals surface area contributed by atoms with Crippen LogP contribution in [0.15, 0.2) is 24.3 Å². The number of hydrogen-bond donors (Lipinski definition) is 1. The Morgan fingerprint density at radius 3 is 2.74 bits per heavy atom. The van der Waals surface area contributed by atoms with Gasteiger partial charge in [-0.15, -0.1) is 0 Å². The number of ether oxygens (including phenoxy) is 1. The normalized spacial score (nSPS) is 17.4. The zero-order chi connectivity index (χ0) is 13.7. The fraction of sp³-hybridized carbons (Fsp3) is 0.533. The number of benzene rings is 1. The van der Waals surface area contributed by atoms with E-state index in [2.05, 4.69) is 5.32 Å². The summed E-state index contributed by atoms with van der Waals surface area (Å²) in [5, 5.41) is 4.00. The molecule has 0 radical (unpaired) electrons. The zero-order valence-corrected chi connectivity index (χ0v) is 12.0. The van der Waals surface area contributed by atoms with Crippen molar-refractivity contribution in [2.45, 2.75) is 44.7 Å². The molecule has 1 aliphatic rings. The van der Waals surface area contributed by atoms with Gasteiger partial charge in [-0.3, -0.25) is 5.32 Å².